The number of ether oxygens (including phenoxy) is 2. The first-order valence-electron chi connectivity index (χ1n) is 9.84. The number of benzene rings is 1. The monoisotopic (exact) mass is 507 g/mol. The van der Waals surface area contributed by atoms with Crippen molar-refractivity contribution in [3.8, 4) is 5.75 Å². The van der Waals surface area contributed by atoms with Gasteiger partial charge >= 0.3 is 0 Å². The van der Waals surface area contributed by atoms with Gasteiger partial charge in [-0.25, -0.2) is 4.99 Å². The van der Waals surface area contributed by atoms with E-state index in [0.29, 0.717) is 6.54 Å². The molecule has 0 radical (unpaired) electrons. The second-order valence-corrected chi connectivity index (χ2v) is 7.34. The lowest BCUT2D eigenvalue weighted by molar-refractivity contribution is 0.145. The lowest BCUT2D eigenvalue weighted by atomic mass is 9.89. The van der Waals surface area contributed by atoms with E-state index in [2.05, 4.69) is 29.5 Å². The van der Waals surface area contributed by atoms with Gasteiger partial charge in [0.1, 0.15) is 5.75 Å². The fraction of sp³-hybridized carbons (Fsp3) is 0.667. The molecule has 0 fully saturated rings. The van der Waals surface area contributed by atoms with E-state index in [1.165, 1.54) is 0 Å². The van der Waals surface area contributed by atoms with E-state index >= 15 is 0 Å². The standard InChI is InChI=1S/C21H37N3O3.HI/c1-5-27-15-7-14-23-20(22-13-6-12-21(2,3)17-25)24-16-18-8-10-19(26-4)11-9-18;/h8-11,25H,5-7,12-17H2,1-4H3,(H2,22,23,24);1H. The van der Waals surface area contributed by atoms with Gasteiger partial charge in [-0.05, 0) is 49.3 Å². The molecule has 7 heteroatoms. The summed E-state index contributed by atoms with van der Waals surface area (Å²) in [5, 5.41) is 16.1. The van der Waals surface area contributed by atoms with Gasteiger partial charge in [0.2, 0.25) is 0 Å². The summed E-state index contributed by atoms with van der Waals surface area (Å²) in [5.41, 5.74) is 1.10. The van der Waals surface area contributed by atoms with Crippen LogP contribution in [0, 0.1) is 5.41 Å². The predicted octanol–water partition coefficient (Wildman–Crippen LogP) is 3.57. The minimum absolute atomic E-state index is 0. The highest BCUT2D eigenvalue weighted by atomic mass is 127. The van der Waals surface area contributed by atoms with E-state index in [-0.39, 0.29) is 36.0 Å². The van der Waals surface area contributed by atoms with Gasteiger partial charge < -0.3 is 25.2 Å². The smallest absolute Gasteiger partial charge is 0.191 e. The first-order chi connectivity index (χ1) is 13.0. The van der Waals surface area contributed by atoms with Crippen LogP contribution in [0.2, 0.25) is 0 Å². The summed E-state index contributed by atoms with van der Waals surface area (Å²) in [7, 11) is 1.67. The summed E-state index contributed by atoms with van der Waals surface area (Å²) in [6.07, 6.45) is 2.89. The zero-order chi connectivity index (χ0) is 20.0. The van der Waals surface area contributed by atoms with E-state index in [9.17, 15) is 5.11 Å². The van der Waals surface area contributed by atoms with Crippen molar-refractivity contribution in [2.24, 2.45) is 10.4 Å². The molecule has 3 N–H and O–H groups in total. The third-order valence-corrected chi connectivity index (χ3v) is 4.29. The summed E-state index contributed by atoms with van der Waals surface area (Å²) >= 11 is 0. The number of aliphatic imine (C=N–C) groups is 1. The molecule has 1 aromatic carbocycles. The molecular weight excluding hydrogens is 469 g/mol. The van der Waals surface area contributed by atoms with Gasteiger partial charge in [-0.2, -0.15) is 0 Å². The van der Waals surface area contributed by atoms with Gasteiger partial charge in [-0.1, -0.05) is 26.0 Å². The molecule has 0 aromatic heterocycles. The van der Waals surface area contributed by atoms with Crippen LogP contribution in [0.4, 0.5) is 0 Å². The quantitative estimate of drug-likeness (QED) is 0.165. The van der Waals surface area contributed by atoms with E-state index in [1.807, 2.05) is 31.2 Å². The Morgan fingerprint density at radius 1 is 1.11 bits per heavy atom. The first-order valence-corrected chi connectivity index (χ1v) is 9.84. The molecule has 0 atom stereocenters. The molecule has 0 aliphatic carbocycles. The van der Waals surface area contributed by atoms with Crippen molar-refractivity contribution in [3.05, 3.63) is 29.8 Å². The summed E-state index contributed by atoms with van der Waals surface area (Å²) in [6, 6.07) is 7.95. The molecule has 0 aliphatic heterocycles. The molecule has 0 aliphatic rings. The third-order valence-electron chi connectivity index (χ3n) is 4.29. The van der Waals surface area contributed by atoms with Crippen LogP contribution < -0.4 is 15.4 Å². The molecule has 6 nitrogen and oxygen atoms in total. The predicted molar refractivity (Wildman–Crippen MR) is 127 cm³/mol. The number of methoxy groups -OCH3 is 1. The largest absolute Gasteiger partial charge is 0.497 e. The second-order valence-electron chi connectivity index (χ2n) is 7.34. The van der Waals surface area contributed by atoms with Crippen molar-refractivity contribution in [3.63, 3.8) is 0 Å². The molecule has 1 aromatic rings. The number of hydrogen-bond donors (Lipinski definition) is 3. The van der Waals surface area contributed by atoms with Crippen LogP contribution in [-0.2, 0) is 11.3 Å². The summed E-state index contributed by atoms with van der Waals surface area (Å²) in [6.45, 7) is 10.1. The summed E-state index contributed by atoms with van der Waals surface area (Å²) in [4.78, 5) is 4.68. The Bertz CT molecular complexity index is 536. The molecule has 162 valence electrons. The normalized spacial score (nSPS) is 11.7. The Hall–Kier alpha value is -1.06. The molecule has 0 saturated heterocycles. The molecule has 28 heavy (non-hydrogen) atoms. The molecule has 0 saturated carbocycles. The molecule has 0 amide bonds. The number of nitrogens with zero attached hydrogens (tertiary/aromatic N) is 1. The van der Waals surface area contributed by atoms with Gasteiger partial charge in [0.25, 0.3) is 0 Å². The van der Waals surface area contributed by atoms with Crippen molar-refractivity contribution >= 4 is 29.9 Å². The van der Waals surface area contributed by atoms with Crippen LogP contribution in [0.5, 0.6) is 5.75 Å². The number of nitrogens with one attached hydrogen (secondary N) is 2. The minimum atomic E-state index is -0.0347. The summed E-state index contributed by atoms with van der Waals surface area (Å²) < 4.78 is 10.6. The number of hydrogen-bond acceptors (Lipinski definition) is 4. The van der Waals surface area contributed by atoms with Crippen molar-refractivity contribution < 1.29 is 14.6 Å². The van der Waals surface area contributed by atoms with Crippen LogP contribution in [0.1, 0.15) is 45.6 Å². The van der Waals surface area contributed by atoms with Crippen molar-refractivity contribution in [2.75, 3.05) is 40.0 Å². The lowest BCUT2D eigenvalue weighted by Crippen LogP contribution is -2.39. The number of guanidine groups is 1. The molecule has 1 rings (SSSR count). The van der Waals surface area contributed by atoms with Crippen LogP contribution in [-0.4, -0.2) is 51.1 Å². The molecular formula is C21H38IN3O3. The Morgan fingerprint density at radius 2 is 1.75 bits per heavy atom. The van der Waals surface area contributed by atoms with E-state index in [0.717, 1.165) is 62.8 Å². The van der Waals surface area contributed by atoms with E-state index < -0.39 is 0 Å². The van der Waals surface area contributed by atoms with Gasteiger partial charge in [0.05, 0.1) is 13.7 Å². The highest BCUT2D eigenvalue weighted by Gasteiger charge is 2.15. The topological polar surface area (TPSA) is 75.1 Å². The van der Waals surface area contributed by atoms with Crippen molar-refractivity contribution in [2.45, 2.75) is 46.6 Å². The van der Waals surface area contributed by atoms with Gasteiger partial charge in [-0.3, -0.25) is 0 Å². The Morgan fingerprint density at radius 3 is 2.32 bits per heavy atom. The second kappa shape index (κ2) is 15.8. The van der Waals surface area contributed by atoms with Gasteiger partial charge in [0.15, 0.2) is 5.96 Å². The van der Waals surface area contributed by atoms with Gasteiger partial charge in [-0.15, -0.1) is 24.0 Å². The van der Waals surface area contributed by atoms with E-state index in [4.69, 9.17) is 9.47 Å². The molecule has 0 spiro atoms. The van der Waals surface area contributed by atoms with Crippen LogP contribution in [0.25, 0.3) is 0 Å². The molecule has 0 heterocycles. The Kier molecular flexibility index (Phi) is 15.2. The van der Waals surface area contributed by atoms with Crippen molar-refractivity contribution in [1.29, 1.82) is 0 Å². The fourth-order valence-electron chi connectivity index (χ4n) is 2.45. The minimum Gasteiger partial charge on any atom is -0.497 e. The zero-order valence-electron chi connectivity index (χ0n) is 17.8. The lowest BCUT2D eigenvalue weighted by Gasteiger charge is -2.21. The number of aliphatic hydroxyl groups excluding tert-OH is 1. The van der Waals surface area contributed by atoms with Crippen LogP contribution >= 0.6 is 24.0 Å². The maximum Gasteiger partial charge on any atom is 0.191 e. The number of halogens is 1. The van der Waals surface area contributed by atoms with E-state index in [1.54, 1.807) is 7.11 Å². The molecule has 0 bridgehead atoms. The maximum absolute atomic E-state index is 9.36. The van der Waals surface area contributed by atoms with Crippen molar-refractivity contribution in [1.82, 2.24) is 10.6 Å². The maximum atomic E-state index is 9.36. The fourth-order valence-corrected chi connectivity index (χ4v) is 2.45. The highest BCUT2D eigenvalue weighted by molar-refractivity contribution is 14.0. The summed E-state index contributed by atoms with van der Waals surface area (Å²) in [5.74, 6) is 1.66. The Balaban J connectivity index is 0.00000729. The highest BCUT2D eigenvalue weighted by Crippen LogP contribution is 2.20. The number of aliphatic hydroxyl groups is 1. The Labute approximate surface area is 187 Å². The van der Waals surface area contributed by atoms with Gasteiger partial charge in [0, 0.05) is 32.9 Å². The third kappa shape index (κ3) is 12.4. The van der Waals surface area contributed by atoms with Crippen LogP contribution in [0.3, 0.4) is 0 Å². The van der Waals surface area contributed by atoms with Crippen LogP contribution in [0.15, 0.2) is 29.3 Å². The average molecular weight is 507 g/mol. The SMILES string of the molecule is CCOCCCNC(=NCc1ccc(OC)cc1)NCCCC(C)(C)CO.I. The first kappa shape index (κ1) is 26.9. The zero-order valence-corrected chi connectivity index (χ0v) is 20.1. The molecule has 0 unspecified atom stereocenters. The number of rotatable bonds is 13. The average Bonchev–Trinajstić information content (AvgIpc) is 2.68.